The smallest absolute Gasteiger partial charge is 0.875 e. The first-order valence-electron chi connectivity index (χ1n) is 5.05. The minimum atomic E-state index is -0.540. The quantitative estimate of drug-likeness (QED) is 0.419. The van der Waals surface area contributed by atoms with Crippen LogP contribution in [0.4, 0.5) is 5.69 Å². The Morgan fingerprint density at radius 1 is 1.32 bits per heavy atom. The van der Waals surface area contributed by atoms with Crippen LogP contribution in [0.2, 0.25) is 5.02 Å². The molecule has 1 aromatic carbocycles. The first-order chi connectivity index (χ1) is 8.47. The van der Waals surface area contributed by atoms with Gasteiger partial charge in [-0.3, -0.25) is 4.79 Å². The Labute approximate surface area is 138 Å². The molecule has 98 valence electrons. The van der Waals surface area contributed by atoms with E-state index in [0.29, 0.717) is 22.2 Å². The van der Waals surface area contributed by atoms with Crippen LogP contribution in [-0.4, -0.2) is 20.1 Å². The molecule has 7 heteroatoms. The summed E-state index contributed by atoms with van der Waals surface area (Å²) in [6.07, 6.45) is 0.942. The molecule has 5 nitrogen and oxygen atoms in total. The maximum atomic E-state index is 11.4. The molecule has 0 saturated heterocycles. The summed E-state index contributed by atoms with van der Waals surface area (Å²) in [6.45, 7) is 1.29. The summed E-state index contributed by atoms with van der Waals surface area (Å²) in [5.74, 6) is -0.0586. The largest absolute Gasteiger partial charge is 1.00 e. The normalized spacial score (nSPS) is 10.4. The molecule has 0 atom stereocenters. The van der Waals surface area contributed by atoms with Gasteiger partial charge in [0.1, 0.15) is 11.5 Å². The maximum absolute atomic E-state index is 11.4. The van der Waals surface area contributed by atoms with Crippen molar-refractivity contribution in [3.8, 4) is 11.5 Å². The number of halogens is 1. The van der Waals surface area contributed by atoms with E-state index in [9.17, 15) is 9.90 Å². The molecule has 0 aliphatic carbocycles. The summed E-state index contributed by atoms with van der Waals surface area (Å²) in [4.78, 5) is 11.4. The van der Waals surface area contributed by atoms with Crippen molar-refractivity contribution in [2.24, 2.45) is 0 Å². The van der Waals surface area contributed by atoms with Gasteiger partial charge in [-0.15, -0.1) is 5.76 Å². The number of nitrogens with one attached hydrogen (secondary N) is 1. The van der Waals surface area contributed by atoms with Crippen LogP contribution in [0, 0.1) is 0 Å². The van der Waals surface area contributed by atoms with Crippen molar-refractivity contribution in [3.05, 3.63) is 29.0 Å². The van der Waals surface area contributed by atoms with Crippen molar-refractivity contribution >= 4 is 23.2 Å². The van der Waals surface area contributed by atoms with Gasteiger partial charge in [0, 0.05) is 6.07 Å². The second-order valence-corrected chi connectivity index (χ2v) is 3.84. The number of methoxy groups -OCH3 is 2. The van der Waals surface area contributed by atoms with E-state index in [1.54, 1.807) is 6.07 Å². The molecule has 1 amide bonds. The Balaban J connectivity index is 0.00000324. The summed E-state index contributed by atoms with van der Waals surface area (Å²) >= 11 is 5.94. The molecular weight excluding hydrogens is 281 g/mol. The van der Waals surface area contributed by atoms with Crippen molar-refractivity contribution in [1.82, 2.24) is 0 Å². The monoisotopic (exact) mass is 293 g/mol. The average Bonchev–Trinajstić information content (AvgIpc) is 2.28. The Hall–Kier alpha value is -0.880. The number of carbonyl (C=O) groups is 1. The molecule has 0 aliphatic rings. The first-order valence-corrected chi connectivity index (χ1v) is 5.43. The van der Waals surface area contributed by atoms with E-state index in [4.69, 9.17) is 21.1 Å². The van der Waals surface area contributed by atoms with Gasteiger partial charge >= 0.3 is 29.6 Å². The summed E-state index contributed by atoms with van der Waals surface area (Å²) in [5.41, 5.74) is 0.366. The zero-order valence-electron chi connectivity index (χ0n) is 11.2. The maximum Gasteiger partial charge on any atom is 1.00 e. The molecule has 0 unspecified atom stereocenters. The van der Waals surface area contributed by atoms with E-state index in [-0.39, 0.29) is 35.3 Å². The van der Waals surface area contributed by atoms with Gasteiger partial charge in [0.25, 0.3) is 0 Å². The van der Waals surface area contributed by atoms with Gasteiger partial charge in [-0.05, 0) is 12.1 Å². The second-order valence-electron chi connectivity index (χ2n) is 3.43. The van der Waals surface area contributed by atoms with Gasteiger partial charge < -0.3 is 19.9 Å². The third-order valence-electron chi connectivity index (χ3n) is 2.07. The third-order valence-corrected chi connectivity index (χ3v) is 2.36. The van der Waals surface area contributed by atoms with Crippen LogP contribution in [-0.2, 0) is 4.79 Å². The van der Waals surface area contributed by atoms with Crippen LogP contribution in [0.3, 0.4) is 0 Å². The Morgan fingerprint density at radius 3 is 2.37 bits per heavy atom. The van der Waals surface area contributed by atoms with Gasteiger partial charge in [0.2, 0.25) is 5.91 Å². The molecule has 1 rings (SSSR count). The van der Waals surface area contributed by atoms with E-state index < -0.39 is 5.91 Å². The van der Waals surface area contributed by atoms with Crippen LogP contribution in [0.5, 0.6) is 11.5 Å². The van der Waals surface area contributed by atoms with E-state index in [0.717, 1.165) is 6.08 Å². The van der Waals surface area contributed by atoms with E-state index in [1.807, 2.05) is 0 Å². The van der Waals surface area contributed by atoms with Gasteiger partial charge in [-0.25, -0.2) is 0 Å². The number of hydrogen-bond donors (Lipinski definition) is 1. The van der Waals surface area contributed by atoms with Crippen LogP contribution >= 0.6 is 11.6 Å². The predicted octanol–water partition coefficient (Wildman–Crippen LogP) is -1.44. The van der Waals surface area contributed by atoms with Gasteiger partial charge in [-0.1, -0.05) is 18.5 Å². The Bertz CT molecular complexity index is 487. The predicted molar refractivity (Wildman–Crippen MR) is 66.9 cm³/mol. The van der Waals surface area contributed by atoms with Crippen molar-refractivity contribution in [3.63, 3.8) is 0 Å². The molecule has 0 fully saturated rings. The molecule has 1 aromatic rings. The standard InChI is InChI=1S/C12H14ClNO4.Na/c1-7(15)4-12(16)14-9-5-8(13)10(17-2)6-11(9)18-3;/h4-6,15H,1-3H3,(H,14,16);/q;+1/p-1/b7-4-;. The van der Waals surface area contributed by atoms with Crippen LogP contribution < -0.4 is 49.5 Å². The molecule has 0 spiro atoms. The van der Waals surface area contributed by atoms with E-state index in [2.05, 4.69) is 5.32 Å². The number of amides is 1. The fourth-order valence-corrected chi connectivity index (χ4v) is 1.55. The van der Waals surface area contributed by atoms with E-state index in [1.165, 1.54) is 27.2 Å². The van der Waals surface area contributed by atoms with Crippen LogP contribution in [0.1, 0.15) is 6.92 Å². The van der Waals surface area contributed by atoms with Gasteiger partial charge in [0.05, 0.1) is 24.9 Å². The topological polar surface area (TPSA) is 70.6 Å². The van der Waals surface area contributed by atoms with Crippen molar-refractivity contribution in [2.75, 3.05) is 19.5 Å². The summed E-state index contributed by atoms with van der Waals surface area (Å²) in [6, 6.07) is 3.04. The molecule has 19 heavy (non-hydrogen) atoms. The molecule has 0 saturated carbocycles. The molecule has 0 heterocycles. The molecule has 0 aliphatic heterocycles. The van der Waals surface area contributed by atoms with E-state index >= 15 is 0 Å². The zero-order valence-corrected chi connectivity index (χ0v) is 14.0. The van der Waals surface area contributed by atoms with Crippen molar-refractivity contribution < 1.29 is 48.9 Å². The molecule has 0 bridgehead atoms. The van der Waals surface area contributed by atoms with Gasteiger partial charge in [0.15, 0.2) is 0 Å². The third kappa shape index (κ3) is 5.32. The minimum Gasteiger partial charge on any atom is -0.875 e. The fraction of sp³-hybridized carbons (Fsp3) is 0.250. The summed E-state index contributed by atoms with van der Waals surface area (Å²) < 4.78 is 10.1. The Morgan fingerprint density at radius 2 is 1.89 bits per heavy atom. The molecule has 1 N–H and O–H groups in total. The zero-order chi connectivity index (χ0) is 13.7. The molecule has 0 radical (unpaired) electrons. The molecular formula is C12H13ClNNaO4. The summed E-state index contributed by atoms with van der Waals surface area (Å²) in [5, 5.41) is 13.6. The van der Waals surface area contributed by atoms with Crippen LogP contribution in [0.15, 0.2) is 24.0 Å². The summed E-state index contributed by atoms with van der Waals surface area (Å²) in [7, 11) is 2.93. The number of anilines is 1. The van der Waals surface area contributed by atoms with Crippen LogP contribution in [0.25, 0.3) is 0 Å². The average molecular weight is 294 g/mol. The van der Waals surface area contributed by atoms with Gasteiger partial charge in [-0.2, -0.15) is 0 Å². The number of ether oxygens (including phenoxy) is 2. The first kappa shape index (κ1) is 18.1. The molecule has 0 aromatic heterocycles. The minimum absolute atomic E-state index is 0. The van der Waals surface area contributed by atoms with Crippen molar-refractivity contribution in [1.29, 1.82) is 0 Å². The number of benzene rings is 1. The number of allylic oxidation sites excluding steroid dienone is 1. The number of carbonyl (C=O) groups excluding carboxylic acids is 1. The number of hydrogen-bond acceptors (Lipinski definition) is 4. The SMILES string of the molecule is COc1cc(OC)c(NC(=O)/C=C(/C)[O-])cc1Cl.[Na+]. The number of rotatable bonds is 4. The Kier molecular flexibility index (Phi) is 7.94. The fourth-order valence-electron chi connectivity index (χ4n) is 1.31. The second kappa shape index (κ2) is 8.32. The van der Waals surface area contributed by atoms with Crippen molar-refractivity contribution in [2.45, 2.75) is 6.92 Å².